The minimum absolute atomic E-state index is 0.351. The average Bonchev–Trinajstić information content (AvgIpc) is 3.13. The van der Waals surface area contributed by atoms with E-state index in [4.69, 9.17) is 14.2 Å². The van der Waals surface area contributed by atoms with E-state index < -0.39 is 5.97 Å². The number of ether oxygens (including phenoxy) is 3. The Kier molecular flexibility index (Phi) is 7.55. The van der Waals surface area contributed by atoms with E-state index in [2.05, 4.69) is 5.32 Å². The van der Waals surface area contributed by atoms with Gasteiger partial charge in [-0.2, -0.15) is 0 Å². The maximum atomic E-state index is 12.7. The molecule has 0 radical (unpaired) electrons. The molecule has 0 aliphatic heterocycles. The largest absolute Gasteiger partial charge is 0.497 e. The summed E-state index contributed by atoms with van der Waals surface area (Å²) in [6, 6.07) is 11.4. The summed E-state index contributed by atoms with van der Waals surface area (Å²) in [7, 11) is 4.47. The summed E-state index contributed by atoms with van der Waals surface area (Å²) < 4.78 is 15.6. The number of amides is 1. The Morgan fingerprint density at radius 2 is 1.70 bits per heavy atom. The van der Waals surface area contributed by atoms with Gasteiger partial charge < -0.3 is 19.5 Å². The van der Waals surface area contributed by atoms with E-state index >= 15 is 0 Å². The second kappa shape index (κ2) is 10.4. The van der Waals surface area contributed by atoms with Crippen LogP contribution in [0.25, 0.3) is 17.2 Å². The zero-order valence-corrected chi connectivity index (χ0v) is 20.4. The minimum Gasteiger partial charge on any atom is -0.497 e. The van der Waals surface area contributed by atoms with Gasteiger partial charge >= 0.3 is 5.97 Å². The van der Waals surface area contributed by atoms with Crippen LogP contribution in [-0.2, 0) is 9.53 Å². The third-order valence-electron chi connectivity index (χ3n) is 5.36. The van der Waals surface area contributed by atoms with Crippen molar-refractivity contribution < 1.29 is 23.8 Å². The molecule has 0 aliphatic carbocycles. The summed E-state index contributed by atoms with van der Waals surface area (Å²) in [5.74, 6) is 0.383. The standard InChI is InChI=1S/C26H27NO5S/c1-15-7-8-19(13-16(15)2)23-17(3)33-25(24(23)26(29)32-6)27-22(28)12-9-18-14-20(30-4)10-11-21(18)31-5/h7-14H,1-6H3,(H,27,28)/b12-9+. The number of thiophene rings is 1. The van der Waals surface area contributed by atoms with Crippen LogP contribution in [0.5, 0.6) is 11.5 Å². The molecule has 1 heterocycles. The van der Waals surface area contributed by atoms with Gasteiger partial charge in [-0.05, 0) is 61.7 Å². The van der Waals surface area contributed by atoms with E-state index in [1.54, 1.807) is 38.5 Å². The van der Waals surface area contributed by atoms with Gasteiger partial charge in [-0.25, -0.2) is 4.79 Å². The SMILES string of the molecule is COC(=O)c1c(NC(=O)/C=C/c2cc(OC)ccc2OC)sc(C)c1-c1ccc(C)c(C)c1. The molecule has 0 fully saturated rings. The van der Waals surface area contributed by atoms with Crippen LogP contribution in [-0.4, -0.2) is 33.2 Å². The molecular formula is C26H27NO5S. The molecule has 1 aromatic heterocycles. The number of hydrogen-bond donors (Lipinski definition) is 1. The minimum atomic E-state index is -0.499. The highest BCUT2D eigenvalue weighted by atomic mass is 32.1. The van der Waals surface area contributed by atoms with Crippen LogP contribution in [0.4, 0.5) is 5.00 Å². The predicted molar refractivity (Wildman–Crippen MR) is 133 cm³/mol. The van der Waals surface area contributed by atoms with Crippen molar-refractivity contribution in [1.82, 2.24) is 0 Å². The van der Waals surface area contributed by atoms with Crippen LogP contribution in [0.3, 0.4) is 0 Å². The van der Waals surface area contributed by atoms with Crippen LogP contribution in [0, 0.1) is 20.8 Å². The number of benzene rings is 2. The lowest BCUT2D eigenvalue weighted by molar-refractivity contribution is -0.111. The molecule has 0 aliphatic rings. The molecule has 7 heteroatoms. The Bertz CT molecular complexity index is 1230. The van der Waals surface area contributed by atoms with Crippen molar-refractivity contribution >= 4 is 34.3 Å². The number of anilines is 1. The lowest BCUT2D eigenvalue weighted by atomic mass is 9.97. The molecule has 6 nitrogen and oxygen atoms in total. The van der Waals surface area contributed by atoms with E-state index in [1.165, 1.54) is 24.5 Å². The molecular weight excluding hydrogens is 438 g/mol. The van der Waals surface area contributed by atoms with Crippen LogP contribution in [0.2, 0.25) is 0 Å². The molecule has 3 aromatic rings. The normalized spacial score (nSPS) is 10.8. The van der Waals surface area contributed by atoms with Gasteiger partial charge in [-0.15, -0.1) is 11.3 Å². The predicted octanol–water partition coefficient (Wildman–Crippen LogP) is 5.80. The first-order valence-corrected chi connectivity index (χ1v) is 11.1. The second-order valence-corrected chi connectivity index (χ2v) is 8.68. The molecule has 0 bridgehead atoms. The highest BCUT2D eigenvalue weighted by Crippen LogP contribution is 2.41. The number of hydrogen-bond acceptors (Lipinski definition) is 6. The summed E-state index contributed by atoms with van der Waals surface area (Å²) in [4.78, 5) is 26.3. The lowest BCUT2D eigenvalue weighted by Gasteiger charge is -2.09. The number of aryl methyl sites for hydroxylation is 3. The lowest BCUT2D eigenvalue weighted by Crippen LogP contribution is -2.11. The monoisotopic (exact) mass is 465 g/mol. The zero-order valence-electron chi connectivity index (χ0n) is 19.6. The first-order valence-electron chi connectivity index (χ1n) is 10.3. The molecule has 0 saturated carbocycles. The third kappa shape index (κ3) is 5.26. The summed E-state index contributed by atoms with van der Waals surface area (Å²) in [6.45, 7) is 5.99. The van der Waals surface area contributed by atoms with Gasteiger partial charge in [-0.3, -0.25) is 4.79 Å². The number of carbonyl (C=O) groups excluding carboxylic acids is 2. The molecule has 0 atom stereocenters. The van der Waals surface area contributed by atoms with Crippen molar-refractivity contribution in [3.63, 3.8) is 0 Å². The van der Waals surface area contributed by atoms with Gasteiger partial charge in [0.05, 0.1) is 21.3 Å². The Labute approximate surface area is 197 Å². The first-order chi connectivity index (χ1) is 15.8. The van der Waals surface area contributed by atoms with Crippen LogP contribution >= 0.6 is 11.3 Å². The molecule has 2 aromatic carbocycles. The number of carbonyl (C=O) groups is 2. The van der Waals surface area contributed by atoms with Crippen molar-refractivity contribution in [3.05, 3.63) is 69.6 Å². The van der Waals surface area contributed by atoms with Gasteiger partial charge in [0.1, 0.15) is 22.1 Å². The summed E-state index contributed by atoms with van der Waals surface area (Å²) in [5.41, 5.74) is 5.00. The average molecular weight is 466 g/mol. The maximum absolute atomic E-state index is 12.7. The summed E-state index contributed by atoms with van der Waals surface area (Å²) >= 11 is 1.34. The van der Waals surface area contributed by atoms with Crippen LogP contribution in [0.1, 0.15) is 31.9 Å². The maximum Gasteiger partial charge on any atom is 0.341 e. The van der Waals surface area contributed by atoms with Gasteiger partial charge in [0.25, 0.3) is 0 Å². The fourth-order valence-electron chi connectivity index (χ4n) is 3.46. The number of rotatable bonds is 7. The Morgan fingerprint density at radius 1 is 0.939 bits per heavy atom. The van der Waals surface area contributed by atoms with Crippen LogP contribution < -0.4 is 14.8 Å². The summed E-state index contributed by atoms with van der Waals surface area (Å²) in [5, 5.41) is 3.28. The van der Waals surface area contributed by atoms with E-state index in [0.717, 1.165) is 27.1 Å². The van der Waals surface area contributed by atoms with E-state index in [1.807, 2.05) is 39.0 Å². The number of nitrogens with one attached hydrogen (secondary N) is 1. The third-order valence-corrected chi connectivity index (χ3v) is 6.38. The molecule has 0 spiro atoms. The zero-order chi connectivity index (χ0) is 24.1. The van der Waals surface area contributed by atoms with Crippen molar-refractivity contribution in [3.8, 4) is 22.6 Å². The molecule has 0 unspecified atom stereocenters. The molecule has 1 amide bonds. The van der Waals surface area contributed by atoms with E-state index in [9.17, 15) is 9.59 Å². The quantitative estimate of drug-likeness (QED) is 0.353. The fourth-order valence-corrected chi connectivity index (χ4v) is 4.53. The van der Waals surface area contributed by atoms with E-state index in [0.29, 0.717) is 27.6 Å². The molecule has 3 rings (SSSR count). The Balaban J connectivity index is 1.95. The Morgan fingerprint density at radius 3 is 2.33 bits per heavy atom. The van der Waals surface area contributed by atoms with Crippen molar-refractivity contribution in [1.29, 1.82) is 0 Å². The highest BCUT2D eigenvalue weighted by molar-refractivity contribution is 7.17. The summed E-state index contributed by atoms with van der Waals surface area (Å²) in [6.07, 6.45) is 3.03. The first kappa shape index (κ1) is 24.1. The van der Waals surface area contributed by atoms with Crippen molar-refractivity contribution in [2.45, 2.75) is 20.8 Å². The molecule has 0 saturated heterocycles. The highest BCUT2D eigenvalue weighted by Gasteiger charge is 2.25. The molecule has 172 valence electrons. The van der Waals surface area contributed by atoms with Crippen molar-refractivity contribution in [2.24, 2.45) is 0 Å². The Hall–Kier alpha value is -3.58. The molecule has 1 N–H and O–H groups in total. The van der Waals surface area contributed by atoms with Crippen molar-refractivity contribution in [2.75, 3.05) is 26.6 Å². The number of esters is 1. The van der Waals surface area contributed by atoms with Gasteiger partial charge in [-0.1, -0.05) is 18.2 Å². The van der Waals surface area contributed by atoms with Gasteiger partial charge in [0.2, 0.25) is 5.91 Å². The van der Waals surface area contributed by atoms with Crippen LogP contribution in [0.15, 0.2) is 42.5 Å². The topological polar surface area (TPSA) is 73.9 Å². The van der Waals surface area contributed by atoms with E-state index in [-0.39, 0.29) is 5.91 Å². The van der Waals surface area contributed by atoms with Gasteiger partial charge in [0.15, 0.2) is 0 Å². The fraction of sp³-hybridized carbons (Fsp3) is 0.231. The second-order valence-electron chi connectivity index (χ2n) is 7.46. The molecule has 33 heavy (non-hydrogen) atoms. The number of methoxy groups -OCH3 is 3. The smallest absolute Gasteiger partial charge is 0.341 e. The van der Waals surface area contributed by atoms with Gasteiger partial charge in [0, 0.05) is 22.1 Å².